The molecule has 0 heterocycles. The standard InChI is InChI=1S/C29H39F2N3O4S/c1-4-27(29(36)32-23-9-6-5-7-10-23)33(20-22-14-12-21(2)13-15-22)28(35)11-8-18-34(39(3,37)38)24-16-17-25(30)26(31)19-24/h12-17,19,23,27H,4-11,18,20H2,1-3H3,(H,32,36). The summed E-state index contributed by atoms with van der Waals surface area (Å²) in [6, 6.07) is 10.1. The van der Waals surface area contributed by atoms with Crippen molar-refractivity contribution < 1.29 is 26.8 Å². The van der Waals surface area contributed by atoms with Gasteiger partial charge in [-0.2, -0.15) is 0 Å². The van der Waals surface area contributed by atoms with Crippen LogP contribution in [0, 0.1) is 18.6 Å². The summed E-state index contributed by atoms with van der Waals surface area (Å²) in [5.74, 6) is -2.69. The Bertz CT molecular complexity index is 1230. The maximum absolute atomic E-state index is 13.8. The van der Waals surface area contributed by atoms with Crippen LogP contribution in [0.2, 0.25) is 0 Å². The Labute approximate surface area is 230 Å². The van der Waals surface area contributed by atoms with E-state index in [1.807, 2.05) is 38.1 Å². The van der Waals surface area contributed by atoms with Crippen molar-refractivity contribution in [2.75, 3.05) is 17.1 Å². The zero-order valence-corrected chi connectivity index (χ0v) is 23.8. The lowest BCUT2D eigenvalue weighted by Gasteiger charge is -2.33. The van der Waals surface area contributed by atoms with Crippen LogP contribution < -0.4 is 9.62 Å². The molecule has 0 saturated heterocycles. The van der Waals surface area contributed by atoms with Crippen molar-refractivity contribution in [3.8, 4) is 0 Å². The van der Waals surface area contributed by atoms with Crippen LogP contribution in [-0.4, -0.2) is 50.0 Å². The first-order valence-electron chi connectivity index (χ1n) is 13.6. The number of nitrogens with one attached hydrogen (secondary N) is 1. The van der Waals surface area contributed by atoms with E-state index in [-0.39, 0.29) is 49.5 Å². The van der Waals surface area contributed by atoms with E-state index in [0.717, 1.165) is 65.9 Å². The van der Waals surface area contributed by atoms with Crippen molar-refractivity contribution in [1.82, 2.24) is 10.2 Å². The molecule has 214 valence electrons. The maximum Gasteiger partial charge on any atom is 0.243 e. The molecule has 1 aliphatic rings. The summed E-state index contributed by atoms with van der Waals surface area (Å²) >= 11 is 0. The van der Waals surface area contributed by atoms with Crippen molar-refractivity contribution >= 4 is 27.5 Å². The molecule has 7 nitrogen and oxygen atoms in total. The molecule has 2 aromatic rings. The number of sulfonamides is 1. The highest BCUT2D eigenvalue weighted by atomic mass is 32.2. The van der Waals surface area contributed by atoms with Gasteiger partial charge in [0.2, 0.25) is 21.8 Å². The Kier molecular flexibility index (Phi) is 10.9. The zero-order chi connectivity index (χ0) is 28.6. The van der Waals surface area contributed by atoms with E-state index in [2.05, 4.69) is 5.32 Å². The van der Waals surface area contributed by atoms with E-state index in [9.17, 15) is 26.8 Å². The fourth-order valence-corrected chi connectivity index (χ4v) is 5.96. The average Bonchev–Trinajstić information content (AvgIpc) is 2.89. The van der Waals surface area contributed by atoms with Crippen molar-refractivity contribution in [2.45, 2.75) is 83.8 Å². The molecule has 1 saturated carbocycles. The van der Waals surface area contributed by atoms with Crippen LogP contribution >= 0.6 is 0 Å². The van der Waals surface area contributed by atoms with Gasteiger partial charge in [-0.15, -0.1) is 0 Å². The molecule has 1 unspecified atom stereocenters. The number of hydrogen-bond donors (Lipinski definition) is 1. The molecule has 0 aliphatic heterocycles. The van der Waals surface area contributed by atoms with Gasteiger partial charge in [-0.3, -0.25) is 13.9 Å². The van der Waals surface area contributed by atoms with Crippen molar-refractivity contribution in [3.63, 3.8) is 0 Å². The van der Waals surface area contributed by atoms with Crippen LogP contribution in [0.1, 0.15) is 69.4 Å². The smallest absolute Gasteiger partial charge is 0.243 e. The lowest BCUT2D eigenvalue weighted by atomic mass is 9.95. The van der Waals surface area contributed by atoms with E-state index in [1.165, 1.54) is 6.07 Å². The van der Waals surface area contributed by atoms with E-state index >= 15 is 0 Å². The van der Waals surface area contributed by atoms with Crippen LogP contribution in [-0.2, 0) is 26.2 Å². The van der Waals surface area contributed by atoms with Crippen LogP contribution in [0.4, 0.5) is 14.5 Å². The largest absolute Gasteiger partial charge is 0.352 e. The molecule has 0 bridgehead atoms. The van der Waals surface area contributed by atoms with E-state index in [4.69, 9.17) is 0 Å². The quantitative estimate of drug-likeness (QED) is 0.391. The summed E-state index contributed by atoms with van der Waals surface area (Å²) in [6.07, 6.45) is 6.69. The second-order valence-corrected chi connectivity index (χ2v) is 12.2. The highest BCUT2D eigenvalue weighted by molar-refractivity contribution is 7.92. The van der Waals surface area contributed by atoms with E-state index in [1.54, 1.807) is 4.90 Å². The van der Waals surface area contributed by atoms with Gasteiger partial charge in [0.15, 0.2) is 11.6 Å². The lowest BCUT2D eigenvalue weighted by molar-refractivity contribution is -0.141. The highest BCUT2D eigenvalue weighted by Gasteiger charge is 2.30. The summed E-state index contributed by atoms with van der Waals surface area (Å²) in [5, 5.41) is 3.14. The molecular weight excluding hydrogens is 524 g/mol. The number of nitrogens with zero attached hydrogens (tertiary/aromatic N) is 2. The molecule has 10 heteroatoms. The number of anilines is 1. The normalized spacial score (nSPS) is 15.0. The summed E-state index contributed by atoms with van der Waals surface area (Å²) in [6.45, 7) is 3.99. The minimum atomic E-state index is -3.81. The number of rotatable bonds is 12. The Morgan fingerprint density at radius 2 is 1.69 bits per heavy atom. The molecule has 0 spiro atoms. The third kappa shape index (κ3) is 8.74. The minimum absolute atomic E-state index is 0.0151. The first-order chi connectivity index (χ1) is 18.5. The molecule has 0 aromatic heterocycles. The molecule has 1 aliphatic carbocycles. The molecule has 1 fully saturated rings. The second kappa shape index (κ2) is 13.9. The second-order valence-electron chi connectivity index (χ2n) is 10.3. The predicted molar refractivity (Wildman–Crippen MR) is 149 cm³/mol. The van der Waals surface area contributed by atoms with Gasteiger partial charge in [0.05, 0.1) is 11.9 Å². The molecule has 3 rings (SSSR count). The molecule has 2 aromatic carbocycles. The average molecular weight is 564 g/mol. The van der Waals surface area contributed by atoms with Crippen LogP contribution in [0.25, 0.3) is 0 Å². The van der Waals surface area contributed by atoms with Crippen molar-refractivity contribution in [3.05, 3.63) is 65.2 Å². The number of aryl methyl sites for hydroxylation is 1. The van der Waals surface area contributed by atoms with Gasteiger partial charge in [-0.1, -0.05) is 56.0 Å². The number of carbonyl (C=O) groups is 2. The fraction of sp³-hybridized carbons (Fsp3) is 0.517. The van der Waals surface area contributed by atoms with Gasteiger partial charge in [-0.05, 0) is 50.3 Å². The zero-order valence-electron chi connectivity index (χ0n) is 23.0. The number of halogens is 2. The Morgan fingerprint density at radius 3 is 2.28 bits per heavy atom. The van der Waals surface area contributed by atoms with Crippen LogP contribution in [0.5, 0.6) is 0 Å². The number of hydrogen-bond acceptors (Lipinski definition) is 4. The maximum atomic E-state index is 13.8. The third-order valence-corrected chi connectivity index (χ3v) is 8.35. The highest BCUT2D eigenvalue weighted by Crippen LogP contribution is 2.23. The lowest BCUT2D eigenvalue weighted by Crippen LogP contribution is -2.51. The third-order valence-electron chi connectivity index (χ3n) is 7.15. The van der Waals surface area contributed by atoms with Crippen molar-refractivity contribution in [1.29, 1.82) is 0 Å². The SMILES string of the molecule is CCC(C(=O)NC1CCCCC1)N(Cc1ccc(C)cc1)C(=O)CCCN(c1ccc(F)c(F)c1)S(C)(=O)=O. The van der Waals surface area contributed by atoms with Gasteiger partial charge < -0.3 is 10.2 Å². The summed E-state index contributed by atoms with van der Waals surface area (Å²) in [7, 11) is -3.81. The number of carbonyl (C=O) groups excluding carboxylic acids is 2. The topological polar surface area (TPSA) is 86.8 Å². The van der Waals surface area contributed by atoms with Gasteiger partial charge in [-0.25, -0.2) is 17.2 Å². The predicted octanol–water partition coefficient (Wildman–Crippen LogP) is 5.08. The monoisotopic (exact) mass is 563 g/mol. The Morgan fingerprint density at radius 1 is 1.03 bits per heavy atom. The Hall–Kier alpha value is -3.01. The fourth-order valence-electron chi connectivity index (χ4n) is 5.00. The molecule has 39 heavy (non-hydrogen) atoms. The summed E-state index contributed by atoms with van der Waals surface area (Å²) < 4.78 is 53.0. The molecule has 0 radical (unpaired) electrons. The van der Waals surface area contributed by atoms with Gasteiger partial charge in [0.1, 0.15) is 6.04 Å². The van der Waals surface area contributed by atoms with Gasteiger partial charge >= 0.3 is 0 Å². The first-order valence-corrected chi connectivity index (χ1v) is 15.4. The van der Waals surface area contributed by atoms with Crippen molar-refractivity contribution in [2.24, 2.45) is 0 Å². The molecule has 2 amide bonds. The molecule has 1 atom stereocenters. The minimum Gasteiger partial charge on any atom is -0.352 e. The Balaban J connectivity index is 1.76. The summed E-state index contributed by atoms with van der Waals surface area (Å²) in [4.78, 5) is 28.5. The van der Waals surface area contributed by atoms with E-state index < -0.39 is 27.7 Å². The number of benzene rings is 2. The first kappa shape index (κ1) is 30.5. The summed E-state index contributed by atoms with van der Waals surface area (Å²) in [5.41, 5.74) is 1.95. The van der Waals surface area contributed by atoms with Gasteiger partial charge in [0.25, 0.3) is 0 Å². The number of amides is 2. The molecule has 1 N–H and O–H groups in total. The van der Waals surface area contributed by atoms with E-state index in [0.29, 0.717) is 6.42 Å². The van der Waals surface area contributed by atoms with Crippen LogP contribution in [0.15, 0.2) is 42.5 Å². The van der Waals surface area contributed by atoms with Gasteiger partial charge in [0, 0.05) is 31.6 Å². The van der Waals surface area contributed by atoms with Crippen LogP contribution in [0.3, 0.4) is 0 Å². The molecular formula is C29H39F2N3O4S.